The van der Waals surface area contributed by atoms with Crippen LogP contribution in [-0.4, -0.2) is 217 Å². The minimum absolute atomic E-state index is 0.00768. The minimum Gasteiger partial charge on any atom is -0.455 e. The highest BCUT2D eigenvalue weighted by Crippen LogP contribution is 2.44. The van der Waals surface area contributed by atoms with Gasteiger partial charge in [-0.2, -0.15) is 0 Å². The van der Waals surface area contributed by atoms with Crippen LogP contribution in [0.2, 0.25) is 0 Å². The zero-order valence-electron chi connectivity index (χ0n) is 50.0. The molecule has 0 radical (unpaired) electrons. The van der Waals surface area contributed by atoms with Crippen molar-refractivity contribution in [2.75, 3.05) is 35.0 Å². The molecule has 0 amide bonds. The first-order chi connectivity index (χ1) is 38.2. The third kappa shape index (κ3) is 18.2. The average Bonchev–Trinajstić information content (AvgIpc) is 3.58. The molecule has 0 spiro atoms. The van der Waals surface area contributed by atoms with Crippen molar-refractivity contribution in [2.24, 2.45) is 17.8 Å². The summed E-state index contributed by atoms with van der Waals surface area (Å²) in [4.78, 5) is 27.6. The predicted octanol–water partition coefficient (Wildman–Crippen LogP) is 3.77. The zero-order chi connectivity index (χ0) is 60.2. The molecule has 464 valence electrons. The first kappa shape index (κ1) is 68.7. The van der Waals surface area contributed by atoms with Gasteiger partial charge < -0.3 is 97.3 Å². The van der Waals surface area contributed by atoms with Crippen molar-refractivity contribution in [3.63, 3.8) is 0 Å². The quantitative estimate of drug-likeness (QED) is 0.108. The fourth-order valence-electron chi connectivity index (χ4n) is 11.6. The van der Waals surface area contributed by atoms with Crippen LogP contribution >= 0.6 is 0 Å². The summed E-state index contributed by atoms with van der Waals surface area (Å²) in [6, 6.07) is 0. The SMILES string of the molecule is COC[C@@H](C[C@H]1O[C@@](O)([C@H](OC(C)=O)[C@@H]2C[C@H](OC)[C@H](O)CC/C=C(C)/C=C/[C@@H](O[C@@H]3O[C@@H](C)[C@H](OC)[C@@H](O)[C@@H]3O)[C@H](C)/C=C(C)/C=C(C)/C=C(\C)C(=O)O2)[C@H](C)[C@@H](O)[C@H]1C)O[C@H]1C[C@H](O)[C@@H](O[C@H]2C[C@@H](OC)[C@H](O)[C@@H](C)O2)[C@H](C)O1. The van der Waals surface area contributed by atoms with Crippen LogP contribution < -0.4 is 0 Å². The zero-order valence-corrected chi connectivity index (χ0v) is 50.0. The largest absolute Gasteiger partial charge is 0.455 e. The van der Waals surface area contributed by atoms with Crippen LogP contribution in [-0.2, 0) is 71.2 Å². The lowest BCUT2D eigenvalue weighted by Crippen LogP contribution is -2.66. The van der Waals surface area contributed by atoms with Crippen molar-refractivity contribution in [1.29, 1.82) is 0 Å². The lowest BCUT2D eigenvalue weighted by atomic mass is 9.76. The Morgan fingerprint density at radius 1 is 0.728 bits per heavy atom. The minimum atomic E-state index is -2.54. The predicted molar refractivity (Wildman–Crippen MR) is 293 cm³/mol. The van der Waals surface area contributed by atoms with Crippen molar-refractivity contribution in [3.8, 4) is 0 Å². The van der Waals surface area contributed by atoms with E-state index in [0.29, 0.717) is 12.0 Å². The van der Waals surface area contributed by atoms with E-state index >= 15 is 0 Å². The molecule has 0 aromatic rings. The van der Waals surface area contributed by atoms with E-state index < -0.39 is 158 Å². The monoisotopic (exact) mass is 1160 g/mol. The summed E-state index contributed by atoms with van der Waals surface area (Å²) in [5.74, 6) is -6.40. The fraction of sp³-hybridized carbons (Fsp3) is 0.797. The highest BCUT2D eigenvalue weighted by atomic mass is 16.7. The number of ether oxygens (including phenoxy) is 13. The van der Waals surface area contributed by atoms with Crippen molar-refractivity contribution < 1.29 is 107 Å². The summed E-state index contributed by atoms with van der Waals surface area (Å²) >= 11 is 0. The highest BCUT2D eigenvalue weighted by molar-refractivity contribution is 5.88. The molecular weight excluding hydrogens is 1060 g/mol. The molecule has 4 fully saturated rings. The topological polar surface area (TPSA) is 296 Å². The lowest BCUT2D eigenvalue weighted by Gasteiger charge is -2.52. The van der Waals surface area contributed by atoms with Gasteiger partial charge in [-0.1, -0.05) is 67.9 Å². The molecule has 0 aromatic carbocycles. The second kappa shape index (κ2) is 31.4. The van der Waals surface area contributed by atoms with Crippen LogP contribution in [0.15, 0.2) is 58.7 Å². The van der Waals surface area contributed by atoms with Crippen LogP contribution in [0.25, 0.3) is 0 Å². The van der Waals surface area contributed by atoms with E-state index in [9.17, 15) is 45.3 Å². The van der Waals surface area contributed by atoms with Gasteiger partial charge in [-0.25, -0.2) is 4.79 Å². The van der Waals surface area contributed by atoms with Crippen molar-refractivity contribution in [1.82, 2.24) is 0 Å². The number of carbonyl (C=O) groups is 2. The molecule has 5 heterocycles. The number of allylic oxidation sites excluding steroid dienone is 7. The van der Waals surface area contributed by atoms with Crippen molar-refractivity contribution in [2.45, 2.75) is 249 Å². The highest BCUT2D eigenvalue weighted by Gasteiger charge is 2.59. The Morgan fingerprint density at radius 2 is 1.40 bits per heavy atom. The molecule has 0 aliphatic carbocycles. The van der Waals surface area contributed by atoms with Gasteiger partial charge in [-0.05, 0) is 67.4 Å². The van der Waals surface area contributed by atoms with Gasteiger partial charge in [0.05, 0.1) is 73.8 Å². The molecule has 0 aromatic heterocycles. The van der Waals surface area contributed by atoms with Crippen LogP contribution in [0.4, 0.5) is 0 Å². The number of rotatable bonds is 16. The maximum atomic E-state index is 14.4. The first-order valence-corrected chi connectivity index (χ1v) is 28.4. The molecule has 5 aliphatic heterocycles. The molecule has 5 aliphatic rings. The van der Waals surface area contributed by atoms with Gasteiger partial charge in [-0.15, -0.1) is 0 Å². The molecule has 22 nitrogen and oxygen atoms in total. The third-order valence-corrected chi connectivity index (χ3v) is 16.3. The lowest BCUT2D eigenvalue weighted by molar-refractivity contribution is -0.365. The maximum absolute atomic E-state index is 14.4. The standard InChI is InChI=1S/C59H96O22/c1-29-17-16-18-41(61)45(70-13)26-47(78-57(67)33(5)23-31(3)21-30(2)22-32(4)43(20-19-29)79-58-53(66)52(65)55(72-15)38(10)75-58)56(76-39(11)60)59(68)35(7)50(63)34(6)44(81-59)24-40(28-69-12)77-48-25-42(62)54(37(9)74-48)80-49-27-46(71-14)51(64)36(8)73-49/h17,19-23,32,34-38,40-56,58,61-66,68H,16,18,24-28H2,1-15H3/b20-19+,29-17+,30-22+,31-21+,33-23+/t32-,34+,35-,36-,37+,38+,40-,41-,42+,43-,44-,45+,46-,47+,48+,49+,50+,51-,52+,53+,54+,55+,56-,58+,59-/m1/s1. The Balaban J connectivity index is 1.42. The van der Waals surface area contributed by atoms with E-state index in [1.54, 1.807) is 47.6 Å². The first-order valence-electron chi connectivity index (χ1n) is 28.4. The number of esters is 2. The number of hydrogen-bond acceptors (Lipinski definition) is 22. The molecule has 81 heavy (non-hydrogen) atoms. The van der Waals surface area contributed by atoms with Gasteiger partial charge in [-0.3, -0.25) is 4.79 Å². The fourth-order valence-corrected chi connectivity index (χ4v) is 11.6. The number of aliphatic hydroxyl groups is 7. The molecule has 7 N–H and O–H groups in total. The summed E-state index contributed by atoms with van der Waals surface area (Å²) in [6.45, 7) is 18.6. The van der Waals surface area contributed by atoms with E-state index in [4.69, 9.17) is 61.6 Å². The summed E-state index contributed by atoms with van der Waals surface area (Å²) in [6.07, 6.45) is -9.38. The van der Waals surface area contributed by atoms with Gasteiger partial charge in [0.1, 0.15) is 36.6 Å². The molecule has 0 bridgehead atoms. The Bertz CT molecular complexity index is 2140. The molecule has 5 rings (SSSR count). The summed E-state index contributed by atoms with van der Waals surface area (Å²) in [5, 5.41) is 80.5. The van der Waals surface area contributed by atoms with Gasteiger partial charge in [0, 0.05) is 84.4 Å². The van der Waals surface area contributed by atoms with E-state index in [1.807, 2.05) is 51.2 Å². The second-order valence-corrected chi connectivity index (χ2v) is 22.9. The van der Waals surface area contributed by atoms with E-state index in [-0.39, 0.29) is 50.2 Å². The van der Waals surface area contributed by atoms with Gasteiger partial charge >= 0.3 is 11.9 Å². The second-order valence-electron chi connectivity index (χ2n) is 22.9. The van der Waals surface area contributed by atoms with Crippen molar-refractivity contribution >= 4 is 11.9 Å². The van der Waals surface area contributed by atoms with E-state index in [1.165, 1.54) is 35.4 Å². The van der Waals surface area contributed by atoms with E-state index in [0.717, 1.165) is 18.1 Å². The number of hydrogen-bond donors (Lipinski definition) is 7. The molecule has 25 atom stereocenters. The Morgan fingerprint density at radius 3 is 2.02 bits per heavy atom. The molecule has 4 saturated heterocycles. The summed E-state index contributed by atoms with van der Waals surface area (Å²) in [7, 11) is 5.77. The number of cyclic esters (lactones) is 1. The molecule has 0 saturated carbocycles. The number of carbonyl (C=O) groups excluding carboxylic acids is 2. The van der Waals surface area contributed by atoms with Crippen LogP contribution in [0.3, 0.4) is 0 Å². The van der Waals surface area contributed by atoms with Gasteiger partial charge in [0.25, 0.3) is 0 Å². The Labute approximate surface area is 478 Å². The average molecular weight is 1160 g/mol. The van der Waals surface area contributed by atoms with Crippen LogP contribution in [0, 0.1) is 17.8 Å². The number of methoxy groups -OCH3 is 4. The summed E-state index contributed by atoms with van der Waals surface area (Å²) < 4.78 is 78.2. The molecule has 0 unspecified atom stereocenters. The molecular formula is C59H96O22. The summed E-state index contributed by atoms with van der Waals surface area (Å²) in [5.41, 5.74) is 2.39. The number of aliphatic hydroxyl groups excluding tert-OH is 6. The van der Waals surface area contributed by atoms with Crippen LogP contribution in [0.1, 0.15) is 115 Å². The normalized spacial score (nSPS) is 44.8. The third-order valence-electron chi connectivity index (χ3n) is 16.3. The van der Waals surface area contributed by atoms with Gasteiger partial charge in [0.15, 0.2) is 25.0 Å². The molecule has 22 heteroatoms. The smallest absolute Gasteiger partial charge is 0.334 e. The Hall–Kier alpha value is -3.08. The van der Waals surface area contributed by atoms with E-state index in [2.05, 4.69) is 0 Å². The van der Waals surface area contributed by atoms with Crippen LogP contribution in [0.5, 0.6) is 0 Å². The van der Waals surface area contributed by atoms with Crippen molar-refractivity contribution in [3.05, 3.63) is 58.7 Å². The van der Waals surface area contributed by atoms with Gasteiger partial charge in [0.2, 0.25) is 5.79 Å². The maximum Gasteiger partial charge on any atom is 0.334 e. The Kier molecular flexibility index (Phi) is 26.6.